The lowest BCUT2D eigenvalue weighted by Gasteiger charge is -2.15. The summed E-state index contributed by atoms with van der Waals surface area (Å²) in [6, 6.07) is 10.0. The highest BCUT2D eigenvalue weighted by atomic mass is 19.1. The van der Waals surface area contributed by atoms with Crippen molar-refractivity contribution < 1.29 is 28.3 Å². The first-order chi connectivity index (χ1) is 14.4. The molecule has 0 bridgehead atoms. The fourth-order valence-electron chi connectivity index (χ4n) is 2.97. The third-order valence-electron chi connectivity index (χ3n) is 4.52. The highest BCUT2D eigenvalue weighted by Gasteiger charge is 2.39. The highest BCUT2D eigenvalue weighted by molar-refractivity contribution is 6.22. The summed E-state index contributed by atoms with van der Waals surface area (Å²) in [6.45, 7) is 3.47. The van der Waals surface area contributed by atoms with Gasteiger partial charge in [0, 0.05) is 12.1 Å². The molecule has 0 aliphatic carbocycles. The smallest absolute Gasteiger partial charge is 0.338 e. The zero-order chi connectivity index (χ0) is 21.7. The van der Waals surface area contributed by atoms with E-state index in [0.717, 1.165) is 17.0 Å². The molecule has 2 aromatic rings. The van der Waals surface area contributed by atoms with Crippen LogP contribution in [0.4, 0.5) is 10.1 Å². The van der Waals surface area contributed by atoms with Crippen LogP contribution in [0.1, 0.15) is 27.1 Å². The summed E-state index contributed by atoms with van der Waals surface area (Å²) in [5.41, 5.74) is 0.725. The van der Waals surface area contributed by atoms with E-state index in [9.17, 15) is 23.6 Å². The molecule has 0 radical (unpaired) electrons. The molecule has 0 aromatic heterocycles. The second-order valence-corrected chi connectivity index (χ2v) is 6.57. The Morgan fingerprint density at radius 2 is 1.73 bits per heavy atom. The molecule has 7 nitrogen and oxygen atoms in total. The fraction of sp³-hybridized carbons (Fsp3) is 0.182. The maximum atomic E-state index is 12.9. The van der Waals surface area contributed by atoms with E-state index in [1.807, 2.05) is 0 Å². The number of rotatable bonds is 8. The van der Waals surface area contributed by atoms with E-state index in [0.29, 0.717) is 12.2 Å². The molecule has 1 aliphatic heterocycles. The van der Waals surface area contributed by atoms with Gasteiger partial charge in [0.2, 0.25) is 5.91 Å². The molecule has 2 aromatic carbocycles. The number of benzene rings is 2. The van der Waals surface area contributed by atoms with E-state index < -0.39 is 30.2 Å². The second-order valence-electron chi connectivity index (χ2n) is 6.57. The minimum Gasteiger partial charge on any atom is -0.454 e. The van der Waals surface area contributed by atoms with Crippen molar-refractivity contribution in [1.82, 2.24) is 5.32 Å². The van der Waals surface area contributed by atoms with E-state index in [4.69, 9.17) is 4.74 Å². The van der Waals surface area contributed by atoms with Crippen LogP contribution in [-0.2, 0) is 14.3 Å². The Morgan fingerprint density at radius 1 is 1.10 bits per heavy atom. The van der Waals surface area contributed by atoms with Gasteiger partial charge in [-0.25, -0.2) is 14.1 Å². The molecule has 1 heterocycles. The summed E-state index contributed by atoms with van der Waals surface area (Å²) in [5, 5.41) is 2.93. The normalized spacial score (nSPS) is 15.9. The van der Waals surface area contributed by atoms with Gasteiger partial charge in [0.1, 0.15) is 5.82 Å². The molecular formula is C22H19FN2O5. The minimum absolute atomic E-state index is 0.0436. The van der Waals surface area contributed by atoms with Crippen LogP contribution in [0, 0.1) is 5.82 Å². The summed E-state index contributed by atoms with van der Waals surface area (Å²) in [4.78, 5) is 49.9. The van der Waals surface area contributed by atoms with Crippen LogP contribution in [0.2, 0.25) is 0 Å². The van der Waals surface area contributed by atoms with E-state index >= 15 is 0 Å². The molecule has 8 heteroatoms. The number of imide groups is 1. The zero-order valence-corrected chi connectivity index (χ0v) is 16.0. The quantitative estimate of drug-likeness (QED) is 0.311. The van der Waals surface area contributed by atoms with Gasteiger partial charge in [-0.05, 0) is 48.5 Å². The number of anilines is 1. The van der Waals surface area contributed by atoms with E-state index in [1.54, 1.807) is 6.08 Å². The Morgan fingerprint density at radius 3 is 2.37 bits per heavy atom. The molecule has 3 rings (SSSR count). The molecule has 0 spiro atoms. The van der Waals surface area contributed by atoms with Crippen molar-refractivity contribution in [3.05, 3.63) is 78.1 Å². The summed E-state index contributed by atoms with van der Waals surface area (Å²) in [6.07, 6.45) is 1.64. The maximum absolute atomic E-state index is 12.9. The number of carbonyl (C=O) groups is 4. The Hall–Kier alpha value is -3.65. The fourth-order valence-corrected chi connectivity index (χ4v) is 2.97. The van der Waals surface area contributed by atoms with Crippen LogP contribution in [0.25, 0.3) is 0 Å². The number of carbonyl (C=O) groups excluding carboxylic acids is 4. The van der Waals surface area contributed by atoms with Crippen LogP contribution < -0.4 is 10.2 Å². The number of Topliss-reactive ketones (excluding diaryl/α,β-unsaturated/α-hetero) is 1. The predicted octanol–water partition coefficient (Wildman–Crippen LogP) is 2.27. The van der Waals surface area contributed by atoms with Gasteiger partial charge < -0.3 is 10.1 Å². The first-order valence-corrected chi connectivity index (χ1v) is 9.17. The van der Waals surface area contributed by atoms with E-state index in [2.05, 4.69) is 11.9 Å². The van der Waals surface area contributed by atoms with Gasteiger partial charge >= 0.3 is 5.97 Å². The molecule has 1 unspecified atom stereocenters. The molecule has 0 saturated carbocycles. The highest BCUT2D eigenvalue weighted by Crippen LogP contribution is 2.23. The Balaban J connectivity index is 1.61. The van der Waals surface area contributed by atoms with Gasteiger partial charge in [-0.1, -0.05) is 6.08 Å². The standard InChI is InChI=1S/C22H19FN2O5/c1-2-11-24-18-12-20(27)25(21(18)28)17-9-5-15(6-10-17)22(29)30-13-19(26)14-3-7-16(23)8-4-14/h2-10,18,24H,1,11-13H2. The Labute approximate surface area is 172 Å². The molecule has 2 amide bonds. The van der Waals surface area contributed by atoms with Gasteiger partial charge in [0.15, 0.2) is 12.4 Å². The molecule has 1 aliphatic rings. The first-order valence-electron chi connectivity index (χ1n) is 9.17. The van der Waals surface area contributed by atoms with E-state index in [-0.39, 0.29) is 29.4 Å². The van der Waals surface area contributed by atoms with Crippen molar-refractivity contribution in [3.63, 3.8) is 0 Å². The zero-order valence-electron chi connectivity index (χ0n) is 16.0. The van der Waals surface area contributed by atoms with Crippen molar-refractivity contribution in [2.45, 2.75) is 12.5 Å². The topological polar surface area (TPSA) is 92.8 Å². The monoisotopic (exact) mass is 410 g/mol. The third-order valence-corrected chi connectivity index (χ3v) is 4.52. The van der Waals surface area contributed by atoms with Gasteiger partial charge in [0.25, 0.3) is 5.91 Å². The number of hydrogen-bond acceptors (Lipinski definition) is 6. The third kappa shape index (κ3) is 4.66. The average Bonchev–Trinajstić information content (AvgIpc) is 3.03. The number of nitrogens with zero attached hydrogens (tertiary/aromatic N) is 1. The van der Waals surface area contributed by atoms with Crippen LogP contribution in [0.3, 0.4) is 0 Å². The molecule has 30 heavy (non-hydrogen) atoms. The number of ketones is 1. The predicted molar refractivity (Wildman–Crippen MR) is 107 cm³/mol. The summed E-state index contributed by atoms with van der Waals surface area (Å²) in [7, 11) is 0. The van der Waals surface area contributed by atoms with Crippen molar-refractivity contribution in [2.24, 2.45) is 0 Å². The number of amides is 2. The van der Waals surface area contributed by atoms with Gasteiger partial charge in [-0.2, -0.15) is 0 Å². The van der Waals surface area contributed by atoms with Gasteiger partial charge in [0.05, 0.1) is 23.7 Å². The molecule has 1 fully saturated rings. The van der Waals surface area contributed by atoms with Crippen LogP contribution in [0.5, 0.6) is 0 Å². The molecular weight excluding hydrogens is 391 g/mol. The van der Waals surface area contributed by atoms with E-state index in [1.165, 1.54) is 36.4 Å². The lowest BCUT2D eigenvalue weighted by molar-refractivity contribution is -0.121. The van der Waals surface area contributed by atoms with Crippen molar-refractivity contribution in [1.29, 1.82) is 0 Å². The van der Waals surface area contributed by atoms with Crippen molar-refractivity contribution in [2.75, 3.05) is 18.1 Å². The van der Waals surface area contributed by atoms with Crippen molar-refractivity contribution >= 4 is 29.3 Å². The van der Waals surface area contributed by atoms with Crippen LogP contribution >= 0.6 is 0 Å². The number of ether oxygens (including phenoxy) is 1. The number of nitrogens with one attached hydrogen (secondary N) is 1. The van der Waals surface area contributed by atoms with Crippen molar-refractivity contribution in [3.8, 4) is 0 Å². The molecule has 1 saturated heterocycles. The number of esters is 1. The second kappa shape index (κ2) is 9.23. The number of halogens is 1. The molecule has 1 N–H and O–H groups in total. The largest absolute Gasteiger partial charge is 0.454 e. The average molecular weight is 410 g/mol. The lowest BCUT2D eigenvalue weighted by Crippen LogP contribution is -2.38. The maximum Gasteiger partial charge on any atom is 0.338 e. The van der Waals surface area contributed by atoms with Gasteiger partial charge in [-0.3, -0.25) is 14.4 Å². The Kier molecular flexibility index (Phi) is 6.48. The summed E-state index contributed by atoms with van der Waals surface area (Å²) >= 11 is 0. The SMILES string of the molecule is C=CCNC1CC(=O)N(c2ccc(C(=O)OCC(=O)c3ccc(F)cc3)cc2)C1=O. The number of hydrogen-bond donors (Lipinski definition) is 1. The summed E-state index contributed by atoms with van der Waals surface area (Å²) < 4.78 is 17.9. The Bertz CT molecular complexity index is 986. The van der Waals surface area contributed by atoms with Crippen LogP contribution in [-0.4, -0.2) is 42.8 Å². The van der Waals surface area contributed by atoms with Crippen LogP contribution in [0.15, 0.2) is 61.2 Å². The minimum atomic E-state index is -0.735. The summed E-state index contributed by atoms with van der Waals surface area (Å²) in [5.74, 6) is -2.39. The molecule has 1 atom stereocenters. The first kappa shape index (κ1) is 21.1. The van der Waals surface area contributed by atoms with Gasteiger partial charge in [-0.15, -0.1) is 6.58 Å². The molecule has 154 valence electrons. The lowest BCUT2D eigenvalue weighted by atomic mass is 10.1.